The molecule has 1 aliphatic carbocycles. The maximum absolute atomic E-state index is 13.3. The van der Waals surface area contributed by atoms with E-state index < -0.39 is 24.8 Å². The summed E-state index contributed by atoms with van der Waals surface area (Å²) in [5.41, 5.74) is 2.56. The zero-order valence-corrected chi connectivity index (χ0v) is 23.9. The number of piperidine rings is 1. The Hall–Kier alpha value is -1.76. The molecule has 1 unspecified atom stereocenters. The number of rotatable bonds is 7. The average Bonchev–Trinajstić information content (AvgIpc) is 2.83. The predicted octanol–water partition coefficient (Wildman–Crippen LogP) is 2.51. The van der Waals surface area contributed by atoms with Gasteiger partial charge < -0.3 is 9.64 Å². The number of primary sulfonamides is 1. The van der Waals surface area contributed by atoms with Gasteiger partial charge in [0.15, 0.2) is 0 Å². The monoisotopic (exact) mass is 552 g/mol. The van der Waals surface area contributed by atoms with Gasteiger partial charge in [0.2, 0.25) is 20.0 Å². The standard InChI is InChI=1S/C26H40N4O5S2/c1-20-17-29(18-21(2)35-20)19-22-9-8-10-24(25(22)30-15-6-5-7-16-30)26(37(27,33)34)13-11-23(12-14-26)36(31,32)28(3)4/h8-13,20-21H,5-7,14-19H2,1-4H3,(H2,27,33,34)/t20-,21+,26?. The van der Waals surface area contributed by atoms with Gasteiger partial charge in [-0.1, -0.05) is 30.4 Å². The zero-order valence-electron chi connectivity index (χ0n) is 22.3. The maximum atomic E-state index is 13.3. The Bertz CT molecular complexity index is 1260. The lowest BCUT2D eigenvalue weighted by molar-refractivity contribution is -0.0704. The van der Waals surface area contributed by atoms with Crippen molar-refractivity contribution in [2.75, 3.05) is 45.2 Å². The largest absolute Gasteiger partial charge is 0.373 e. The molecule has 1 aromatic carbocycles. The molecule has 9 nitrogen and oxygen atoms in total. The fourth-order valence-corrected chi connectivity index (χ4v) is 7.78. The summed E-state index contributed by atoms with van der Waals surface area (Å²) in [6.07, 6.45) is 7.73. The van der Waals surface area contributed by atoms with Gasteiger partial charge in [-0.25, -0.2) is 26.3 Å². The Labute approximate surface area is 222 Å². The highest BCUT2D eigenvalue weighted by Gasteiger charge is 2.45. The van der Waals surface area contributed by atoms with Crippen LogP contribution in [0.2, 0.25) is 0 Å². The molecular weight excluding hydrogens is 512 g/mol. The van der Waals surface area contributed by atoms with Crippen molar-refractivity contribution in [3.8, 4) is 0 Å². The molecule has 0 saturated carbocycles. The van der Waals surface area contributed by atoms with Gasteiger partial charge >= 0.3 is 0 Å². The van der Waals surface area contributed by atoms with Gasteiger partial charge in [-0.15, -0.1) is 0 Å². The molecule has 3 aliphatic rings. The Kier molecular flexibility index (Phi) is 8.23. The van der Waals surface area contributed by atoms with Crippen LogP contribution in [0.15, 0.2) is 41.3 Å². The van der Waals surface area contributed by atoms with E-state index in [1.165, 1.54) is 32.3 Å². The van der Waals surface area contributed by atoms with Crippen LogP contribution in [0.5, 0.6) is 0 Å². The van der Waals surface area contributed by atoms with Crippen molar-refractivity contribution in [1.29, 1.82) is 0 Å². The molecule has 0 aromatic heterocycles. The first-order valence-corrected chi connectivity index (χ1v) is 15.9. The Balaban J connectivity index is 1.83. The van der Waals surface area contributed by atoms with Gasteiger partial charge in [-0.2, -0.15) is 0 Å². The van der Waals surface area contributed by atoms with Crippen LogP contribution in [0.1, 0.15) is 50.7 Å². The fraction of sp³-hybridized carbons (Fsp3) is 0.615. The van der Waals surface area contributed by atoms with Gasteiger partial charge in [0.1, 0.15) is 4.75 Å². The zero-order chi connectivity index (χ0) is 27.0. The van der Waals surface area contributed by atoms with Crippen LogP contribution in [0.4, 0.5) is 5.69 Å². The summed E-state index contributed by atoms with van der Waals surface area (Å²) in [5, 5.41) is 5.95. The number of hydrogen-bond donors (Lipinski definition) is 1. The third-order valence-corrected chi connectivity index (χ3v) is 10.9. The number of hydrogen-bond acceptors (Lipinski definition) is 7. The first kappa shape index (κ1) is 28.3. The van der Waals surface area contributed by atoms with Crippen LogP contribution in [0, 0.1) is 0 Å². The lowest BCUT2D eigenvalue weighted by Crippen LogP contribution is -2.45. The summed E-state index contributed by atoms with van der Waals surface area (Å²) < 4.78 is 57.6. The van der Waals surface area contributed by atoms with Crippen molar-refractivity contribution in [2.45, 2.75) is 63.0 Å². The first-order valence-electron chi connectivity index (χ1n) is 12.9. The molecule has 37 heavy (non-hydrogen) atoms. The van der Waals surface area contributed by atoms with Gasteiger partial charge in [-0.3, -0.25) is 4.90 Å². The molecule has 4 rings (SSSR count). The number of morpholine rings is 1. The molecule has 11 heteroatoms. The molecule has 0 radical (unpaired) electrons. The van der Waals surface area contributed by atoms with Gasteiger partial charge in [0.25, 0.3) is 0 Å². The topological polar surface area (TPSA) is 113 Å². The Morgan fingerprint density at radius 1 is 1.05 bits per heavy atom. The highest BCUT2D eigenvalue weighted by atomic mass is 32.2. The molecule has 1 aromatic rings. The molecule has 2 aliphatic heterocycles. The van der Waals surface area contributed by atoms with E-state index in [1.807, 2.05) is 12.1 Å². The quantitative estimate of drug-likeness (QED) is 0.553. The molecule has 0 amide bonds. The highest BCUT2D eigenvalue weighted by Crippen LogP contribution is 2.45. The summed E-state index contributed by atoms with van der Waals surface area (Å²) in [7, 11) is -4.95. The number of ether oxygens (including phenoxy) is 1. The summed E-state index contributed by atoms with van der Waals surface area (Å²) in [6, 6.07) is 5.80. The minimum atomic E-state index is -4.16. The van der Waals surface area contributed by atoms with E-state index in [1.54, 1.807) is 0 Å². The van der Waals surface area contributed by atoms with Crippen LogP contribution < -0.4 is 10.0 Å². The summed E-state index contributed by atoms with van der Waals surface area (Å²) in [4.78, 5) is 4.72. The molecule has 0 spiro atoms. The number of benzene rings is 1. The van der Waals surface area contributed by atoms with Crippen LogP contribution in [-0.2, 0) is 36.1 Å². The molecule has 2 heterocycles. The molecule has 206 valence electrons. The normalized spacial score (nSPS) is 27.9. The van der Waals surface area contributed by atoms with Crippen molar-refractivity contribution in [3.05, 3.63) is 52.5 Å². The number of anilines is 1. The summed E-state index contributed by atoms with van der Waals surface area (Å²) in [6.45, 7) is 8.06. The summed E-state index contributed by atoms with van der Waals surface area (Å²) >= 11 is 0. The molecular formula is C26H40N4O5S2. The van der Waals surface area contributed by atoms with Crippen LogP contribution in [0.3, 0.4) is 0 Å². The van der Waals surface area contributed by atoms with E-state index >= 15 is 0 Å². The highest BCUT2D eigenvalue weighted by molar-refractivity contribution is 7.93. The van der Waals surface area contributed by atoms with Gasteiger partial charge in [0, 0.05) is 58.1 Å². The second-order valence-electron chi connectivity index (χ2n) is 10.7. The first-order chi connectivity index (χ1) is 17.3. The average molecular weight is 553 g/mol. The predicted molar refractivity (Wildman–Crippen MR) is 147 cm³/mol. The van der Waals surface area contributed by atoms with E-state index in [0.717, 1.165) is 61.0 Å². The molecule has 2 fully saturated rings. The van der Waals surface area contributed by atoms with E-state index in [2.05, 4.69) is 29.7 Å². The Morgan fingerprint density at radius 3 is 2.24 bits per heavy atom. The lowest BCUT2D eigenvalue weighted by Gasteiger charge is -2.40. The van der Waals surface area contributed by atoms with Crippen molar-refractivity contribution < 1.29 is 21.6 Å². The number of allylic oxidation sites excluding steroid dienone is 2. The van der Waals surface area contributed by atoms with Gasteiger partial charge in [0.05, 0.1) is 17.1 Å². The van der Waals surface area contributed by atoms with Gasteiger partial charge in [-0.05, 0) is 51.2 Å². The SMILES string of the molecule is C[C@@H]1CN(Cc2cccc(C3(S(N)(=O)=O)C=CC(S(=O)(=O)N(C)C)=CC3)c2N2CCCCC2)C[C@H](C)O1. The third-order valence-electron chi connectivity index (χ3n) is 7.55. The second-order valence-corrected chi connectivity index (χ2v) is 14.6. The van der Waals surface area contributed by atoms with Crippen LogP contribution >= 0.6 is 0 Å². The lowest BCUT2D eigenvalue weighted by atomic mass is 9.87. The van der Waals surface area contributed by atoms with E-state index in [4.69, 9.17) is 9.88 Å². The maximum Gasteiger partial charge on any atom is 0.242 e. The van der Waals surface area contributed by atoms with E-state index in [9.17, 15) is 16.8 Å². The molecule has 0 bridgehead atoms. The molecule has 2 saturated heterocycles. The van der Waals surface area contributed by atoms with Crippen molar-refractivity contribution in [1.82, 2.24) is 9.21 Å². The molecule has 3 atom stereocenters. The van der Waals surface area contributed by atoms with Crippen molar-refractivity contribution in [2.24, 2.45) is 5.14 Å². The number of para-hydroxylation sites is 1. The van der Waals surface area contributed by atoms with E-state index in [0.29, 0.717) is 12.1 Å². The van der Waals surface area contributed by atoms with Crippen LogP contribution in [0.25, 0.3) is 0 Å². The van der Waals surface area contributed by atoms with Crippen molar-refractivity contribution >= 4 is 25.7 Å². The number of sulfonamides is 2. The number of nitrogens with two attached hydrogens (primary N) is 1. The molecule has 2 N–H and O–H groups in total. The smallest absolute Gasteiger partial charge is 0.242 e. The third kappa shape index (κ3) is 5.67. The minimum absolute atomic E-state index is 0.0549. The van der Waals surface area contributed by atoms with Crippen LogP contribution in [-0.4, -0.2) is 78.5 Å². The van der Waals surface area contributed by atoms with E-state index in [-0.39, 0.29) is 23.5 Å². The summed E-state index contributed by atoms with van der Waals surface area (Å²) in [5.74, 6) is 0. The minimum Gasteiger partial charge on any atom is -0.373 e. The fourth-order valence-electron chi connectivity index (χ4n) is 5.78. The Morgan fingerprint density at radius 2 is 1.70 bits per heavy atom. The number of nitrogens with zero attached hydrogens (tertiary/aromatic N) is 3. The second kappa shape index (κ2) is 10.8. The van der Waals surface area contributed by atoms with Crippen molar-refractivity contribution in [3.63, 3.8) is 0 Å².